The van der Waals surface area contributed by atoms with Crippen LogP contribution in [0, 0.1) is 0 Å². The fraction of sp³-hybridized carbons (Fsp3) is 0.333. The lowest BCUT2D eigenvalue weighted by atomic mass is 9.82. The fourth-order valence-corrected chi connectivity index (χ4v) is 1.21. The highest BCUT2D eigenvalue weighted by atomic mass is 35.5. The second-order valence-electron chi connectivity index (χ2n) is 2.95. The fourth-order valence-electron chi connectivity index (χ4n) is 1.10. The molecule has 1 rings (SSSR count). The van der Waals surface area contributed by atoms with Crippen molar-refractivity contribution in [2.24, 2.45) is 0 Å². The Balaban J connectivity index is 2.35. The Kier molecular flexibility index (Phi) is 4.29. The van der Waals surface area contributed by atoms with Gasteiger partial charge in [-0.25, -0.2) is 0 Å². The highest BCUT2D eigenvalue weighted by molar-refractivity contribution is 6.57. The van der Waals surface area contributed by atoms with Crippen LogP contribution in [-0.2, 0) is 6.42 Å². The van der Waals surface area contributed by atoms with Gasteiger partial charge in [-0.2, -0.15) is 0 Å². The predicted octanol–water partition coefficient (Wildman–Crippen LogP) is 1.24. The van der Waals surface area contributed by atoms with Crippen LogP contribution in [0.3, 0.4) is 0 Å². The van der Waals surface area contributed by atoms with Gasteiger partial charge in [0.05, 0.1) is 5.28 Å². The summed E-state index contributed by atoms with van der Waals surface area (Å²) in [5.74, 6) is 0. The topological polar surface area (TPSA) is 40.5 Å². The van der Waals surface area contributed by atoms with Crippen molar-refractivity contribution in [1.29, 1.82) is 0 Å². The summed E-state index contributed by atoms with van der Waals surface area (Å²) in [6.07, 6.45) is 1.34. The highest BCUT2D eigenvalue weighted by Crippen LogP contribution is 2.09. The van der Waals surface area contributed by atoms with Crippen molar-refractivity contribution in [1.82, 2.24) is 0 Å². The number of benzene rings is 1. The van der Waals surface area contributed by atoms with E-state index in [1.54, 1.807) is 0 Å². The molecule has 13 heavy (non-hydrogen) atoms. The molecule has 1 unspecified atom stereocenters. The Morgan fingerprint density at radius 1 is 1.23 bits per heavy atom. The van der Waals surface area contributed by atoms with Crippen molar-refractivity contribution in [3.63, 3.8) is 0 Å². The van der Waals surface area contributed by atoms with Crippen LogP contribution in [0.25, 0.3) is 0 Å². The molecule has 4 heteroatoms. The van der Waals surface area contributed by atoms with Crippen molar-refractivity contribution in [2.75, 3.05) is 0 Å². The van der Waals surface area contributed by atoms with E-state index >= 15 is 0 Å². The third-order valence-corrected chi connectivity index (χ3v) is 2.32. The maximum absolute atomic E-state index is 8.72. The maximum atomic E-state index is 8.72. The van der Waals surface area contributed by atoms with Crippen LogP contribution in [-0.4, -0.2) is 22.4 Å². The van der Waals surface area contributed by atoms with E-state index in [0.29, 0.717) is 6.42 Å². The Hall–Kier alpha value is -0.505. The molecule has 0 aliphatic carbocycles. The summed E-state index contributed by atoms with van der Waals surface area (Å²) in [7, 11) is -1.43. The lowest BCUT2D eigenvalue weighted by Gasteiger charge is -2.06. The van der Waals surface area contributed by atoms with Gasteiger partial charge in [0.15, 0.2) is 0 Å². The molecule has 0 spiro atoms. The van der Waals surface area contributed by atoms with Crippen molar-refractivity contribution in [3.8, 4) is 0 Å². The third-order valence-electron chi connectivity index (χ3n) is 1.88. The zero-order valence-electron chi connectivity index (χ0n) is 7.23. The van der Waals surface area contributed by atoms with Gasteiger partial charge >= 0.3 is 7.12 Å². The second-order valence-corrected chi connectivity index (χ2v) is 3.51. The molecular formula is C9H12BClO2. The average Bonchev–Trinajstić information content (AvgIpc) is 2.15. The summed E-state index contributed by atoms with van der Waals surface area (Å²) >= 11 is 5.67. The molecule has 0 fully saturated rings. The molecule has 0 heterocycles. The van der Waals surface area contributed by atoms with Gasteiger partial charge in [0.2, 0.25) is 0 Å². The summed E-state index contributed by atoms with van der Waals surface area (Å²) < 4.78 is 0. The summed E-state index contributed by atoms with van der Waals surface area (Å²) in [6, 6.07) is 9.84. The molecular weight excluding hydrogens is 186 g/mol. The molecule has 0 saturated heterocycles. The number of rotatable bonds is 4. The van der Waals surface area contributed by atoms with Crippen LogP contribution in [0.5, 0.6) is 0 Å². The lowest BCUT2D eigenvalue weighted by Crippen LogP contribution is -2.26. The Bertz CT molecular complexity index is 241. The number of halogens is 1. The standard InChI is InChI=1S/C9H12BClO2/c11-9(10(12)13)7-6-8-4-2-1-3-5-8/h1-5,9,12-13H,6-7H2. The normalized spacial score (nSPS) is 12.5. The first kappa shape index (κ1) is 10.6. The van der Waals surface area contributed by atoms with Crippen LogP contribution in [0.15, 0.2) is 30.3 Å². The van der Waals surface area contributed by atoms with E-state index in [1.807, 2.05) is 30.3 Å². The number of hydrogen-bond acceptors (Lipinski definition) is 2. The first-order chi connectivity index (χ1) is 6.20. The summed E-state index contributed by atoms with van der Waals surface area (Å²) in [4.78, 5) is 0. The van der Waals surface area contributed by atoms with Crippen molar-refractivity contribution in [3.05, 3.63) is 35.9 Å². The van der Waals surface area contributed by atoms with Gasteiger partial charge in [-0.3, -0.25) is 0 Å². The SMILES string of the molecule is OB(O)C(Cl)CCc1ccccc1. The van der Waals surface area contributed by atoms with Crippen molar-refractivity contribution < 1.29 is 10.0 Å². The van der Waals surface area contributed by atoms with E-state index in [1.165, 1.54) is 0 Å². The van der Waals surface area contributed by atoms with Gasteiger partial charge < -0.3 is 10.0 Å². The summed E-state index contributed by atoms with van der Waals surface area (Å²) in [6.45, 7) is 0. The summed E-state index contributed by atoms with van der Waals surface area (Å²) in [5.41, 5.74) is 1.16. The van der Waals surface area contributed by atoms with Gasteiger partial charge in [0.1, 0.15) is 0 Å². The molecule has 0 saturated carbocycles. The van der Waals surface area contributed by atoms with E-state index in [2.05, 4.69) is 0 Å². The van der Waals surface area contributed by atoms with Gasteiger partial charge in [-0.15, -0.1) is 11.6 Å². The quantitative estimate of drug-likeness (QED) is 0.564. The number of aryl methyl sites for hydroxylation is 1. The van der Waals surface area contributed by atoms with E-state index in [9.17, 15) is 0 Å². The largest absolute Gasteiger partial charge is 0.470 e. The van der Waals surface area contributed by atoms with Gasteiger partial charge in [-0.1, -0.05) is 30.3 Å². The van der Waals surface area contributed by atoms with Crippen LogP contribution < -0.4 is 0 Å². The van der Waals surface area contributed by atoms with Crippen LogP contribution >= 0.6 is 11.6 Å². The minimum Gasteiger partial charge on any atom is -0.426 e. The molecule has 2 N–H and O–H groups in total. The predicted molar refractivity (Wildman–Crippen MR) is 54.6 cm³/mol. The zero-order chi connectivity index (χ0) is 9.68. The molecule has 1 aromatic rings. The molecule has 2 nitrogen and oxygen atoms in total. The van der Waals surface area contributed by atoms with E-state index in [-0.39, 0.29) is 0 Å². The summed E-state index contributed by atoms with van der Waals surface area (Å²) in [5, 5.41) is 16.9. The molecule has 1 aromatic carbocycles. The van der Waals surface area contributed by atoms with E-state index in [4.69, 9.17) is 21.6 Å². The Morgan fingerprint density at radius 3 is 2.38 bits per heavy atom. The van der Waals surface area contributed by atoms with E-state index in [0.717, 1.165) is 12.0 Å². The van der Waals surface area contributed by atoms with Gasteiger partial charge in [-0.05, 0) is 18.4 Å². The smallest absolute Gasteiger partial charge is 0.426 e. The van der Waals surface area contributed by atoms with E-state index < -0.39 is 12.4 Å². The van der Waals surface area contributed by atoms with Crippen molar-refractivity contribution >= 4 is 18.7 Å². The minimum atomic E-state index is -1.43. The van der Waals surface area contributed by atoms with Gasteiger partial charge in [0.25, 0.3) is 0 Å². The van der Waals surface area contributed by atoms with Crippen LogP contribution in [0.4, 0.5) is 0 Å². The molecule has 0 aliphatic heterocycles. The van der Waals surface area contributed by atoms with Crippen molar-refractivity contribution in [2.45, 2.75) is 18.1 Å². The number of hydrogen-bond donors (Lipinski definition) is 2. The molecule has 0 aromatic heterocycles. The maximum Gasteiger partial charge on any atom is 0.470 e. The molecule has 0 aliphatic rings. The Labute approximate surface area is 83.3 Å². The first-order valence-corrected chi connectivity index (χ1v) is 4.68. The molecule has 1 atom stereocenters. The van der Waals surface area contributed by atoms with Crippen LogP contribution in [0.1, 0.15) is 12.0 Å². The monoisotopic (exact) mass is 198 g/mol. The highest BCUT2D eigenvalue weighted by Gasteiger charge is 2.19. The first-order valence-electron chi connectivity index (χ1n) is 4.24. The third kappa shape index (κ3) is 3.81. The number of alkyl halides is 1. The average molecular weight is 198 g/mol. The van der Waals surface area contributed by atoms with Gasteiger partial charge in [0, 0.05) is 0 Å². The zero-order valence-corrected chi connectivity index (χ0v) is 7.98. The molecule has 0 amide bonds. The second kappa shape index (κ2) is 5.27. The van der Waals surface area contributed by atoms with Crippen LogP contribution in [0.2, 0.25) is 0 Å². The molecule has 0 bridgehead atoms. The molecule has 70 valence electrons. The Morgan fingerprint density at radius 2 is 1.85 bits per heavy atom. The minimum absolute atomic E-state index is 0.573. The molecule has 0 radical (unpaired) electrons. The lowest BCUT2D eigenvalue weighted by molar-refractivity contribution is 0.398.